The smallest absolute Gasteiger partial charge is 0.248 e. The Kier molecular flexibility index (Phi) is 3.45. The number of nitrogens with zero attached hydrogens (tertiary/aromatic N) is 2. The van der Waals surface area contributed by atoms with E-state index < -0.39 is 0 Å². The van der Waals surface area contributed by atoms with E-state index in [9.17, 15) is 9.59 Å². The Bertz CT molecular complexity index is 543. The fraction of sp³-hybridized carbons (Fsp3) is 0.500. The van der Waals surface area contributed by atoms with Crippen LogP contribution in [0.25, 0.3) is 0 Å². The highest BCUT2D eigenvalue weighted by molar-refractivity contribution is 6.02. The molecule has 1 aromatic carbocycles. The normalized spacial score (nSPS) is 26.6. The van der Waals surface area contributed by atoms with Crippen LogP contribution in [0.2, 0.25) is 0 Å². The molecular weight excluding hydrogens is 266 g/mol. The van der Waals surface area contributed by atoms with E-state index in [0.29, 0.717) is 0 Å². The molecule has 2 amide bonds. The van der Waals surface area contributed by atoms with E-state index >= 15 is 0 Å². The number of likely N-dealkylation sites (N-methyl/N-ethyl adjacent to an activating group) is 1. The highest BCUT2D eigenvalue weighted by Crippen LogP contribution is 2.31. The zero-order valence-corrected chi connectivity index (χ0v) is 12.6. The summed E-state index contributed by atoms with van der Waals surface area (Å²) < 4.78 is 0. The number of amides is 2. The minimum Gasteiger partial charge on any atom is -0.353 e. The Morgan fingerprint density at radius 2 is 1.71 bits per heavy atom. The summed E-state index contributed by atoms with van der Waals surface area (Å²) in [4.78, 5) is 26.6. The second kappa shape index (κ2) is 5.15. The number of carbonyl (C=O) groups excluding carboxylic acids is 2. The first-order valence-electron chi connectivity index (χ1n) is 7.39. The van der Waals surface area contributed by atoms with E-state index in [1.54, 1.807) is 0 Å². The minimum absolute atomic E-state index is 0.0479. The third-order valence-corrected chi connectivity index (χ3v) is 4.64. The van der Waals surface area contributed by atoms with Gasteiger partial charge < -0.3 is 10.2 Å². The van der Waals surface area contributed by atoms with Gasteiger partial charge in [0.1, 0.15) is 0 Å². The maximum absolute atomic E-state index is 11.8. The number of hydrogen-bond donors (Lipinski definition) is 1. The van der Waals surface area contributed by atoms with Crippen LogP contribution < -0.4 is 10.2 Å². The highest BCUT2D eigenvalue weighted by Gasteiger charge is 2.31. The lowest BCUT2D eigenvalue weighted by Crippen LogP contribution is -2.52. The van der Waals surface area contributed by atoms with Crippen molar-refractivity contribution in [3.05, 3.63) is 29.8 Å². The van der Waals surface area contributed by atoms with Crippen LogP contribution in [0.5, 0.6) is 0 Å². The first-order valence-corrected chi connectivity index (χ1v) is 7.39. The van der Waals surface area contributed by atoms with Gasteiger partial charge in [0.25, 0.3) is 0 Å². The standard InChI is InChI=1S/C16H21N3O2/c1-16(8-3-9-17-16)12-4-6-13(7-5-12)19-10-14(20)18(2)15(21)11-19/h4-7,17H,3,8-11H2,1-2H3. The molecule has 112 valence electrons. The quantitative estimate of drug-likeness (QED) is 0.827. The van der Waals surface area contributed by atoms with Crippen LogP contribution in [-0.4, -0.2) is 43.4 Å². The third kappa shape index (κ3) is 2.53. The fourth-order valence-corrected chi connectivity index (χ4v) is 3.10. The molecule has 0 bridgehead atoms. The van der Waals surface area contributed by atoms with Crippen LogP contribution in [0.15, 0.2) is 24.3 Å². The molecule has 0 radical (unpaired) electrons. The summed E-state index contributed by atoms with van der Waals surface area (Å²) in [6, 6.07) is 8.21. The van der Waals surface area contributed by atoms with Crippen LogP contribution >= 0.6 is 0 Å². The molecule has 5 nitrogen and oxygen atoms in total. The molecule has 2 fully saturated rings. The van der Waals surface area contributed by atoms with Gasteiger partial charge in [-0.1, -0.05) is 12.1 Å². The molecule has 3 rings (SSSR count). The molecule has 1 N–H and O–H groups in total. The predicted octanol–water partition coefficient (Wildman–Crippen LogP) is 1.09. The summed E-state index contributed by atoms with van der Waals surface area (Å²) in [7, 11) is 1.54. The van der Waals surface area contributed by atoms with Crippen molar-refractivity contribution in [2.24, 2.45) is 0 Å². The summed E-state index contributed by atoms with van der Waals surface area (Å²) in [6.07, 6.45) is 2.33. The Hall–Kier alpha value is -1.88. The Labute approximate surface area is 124 Å². The molecule has 0 spiro atoms. The van der Waals surface area contributed by atoms with Crippen LogP contribution in [-0.2, 0) is 15.1 Å². The second-order valence-corrected chi connectivity index (χ2v) is 6.11. The van der Waals surface area contributed by atoms with Crippen LogP contribution in [0.4, 0.5) is 5.69 Å². The largest absolute Gasteiger partial charge is 0.353 e. The first-order chi connectivity index (χ1) is 9.99. The topological polar surface area (TPSA) is 52.7 Å². The monoisotopic (exact) mass is 287 g/mol. The summed E-state index contributed by atoms with van der Waals surface area (Å²) in [5.74, 6) is -0.306. The Morgan fingerprint density at radius 3 is 2.24 bits per heavy atom. The molecule has 21 heavy (non-hydrogen) atoms. The lowest BCUT2D eigenvalue weighted by atomic mass is 9.90. The van der Waals surface area contributed by atoms with Crippen molar-refractivity contribution in [1.29, 1.82) is 0 Å². The van der Waals surface area contributed by atoms with E-state index in [0.717, 1.165) is 18.7 Å². The molecule has 2 aliphatic heterocycles. The number of rotatable bonds is 2. The van der Waals surface area contributed by atoms with Gasteiger partial charge in [0.05, 0.1) is 13.1 Å². The van der Waals surface area contributed by atoms with Gasteiger partial charge in [0.15, 0.2) is 0 Å². The van der Waals surface area contributed by atoms with E-state index in [4.69, 9.17) is 0 Å². The Balaban J connectivity index is 1.78. The number of benzene rings is 1. The molecule has 2 heterocycles. The maximum Gasteiger partial charge on any atom is 0.248 e. The number of imide groups is 1. The van der Waals surface area contributed by atoms with Gasteiger partial charge in [-0.05, 0) is 44.0 Å². The van der Waals surface area contributed by atoms with Crippen LogP contribution in [0.1, 0.15) is 25.3 Å². The molecule has 0 saturated carbocycles. The molecule has 1 unspecified atom stereocenters. The summed E-state index contributed by atoms with van der Waals surface area (Å²) in [6.45, 7) is 3.80. The number of hydrogen-bond acceptors (Lipinski definition) is 4. The minimum atomic E-state index is -0.153. The summed E-state index contributed by atoms with van der Waals surface area (Å²) >= 11 is 0. The average molecular weight is 287 g/mol. The molecule has 0 aliphatic carbocycles. The van der Waals surface area contributed by atoms with Gasteiger partial charge in [0.2, 0.25) is 11.8 Å². The predicted molar refractivity (Wildman–Crippen MR) is 81.0 cm³/mol. The first kappa shape index (κ1) is 14.1. The summed E-state index contributed by atoms with van der Waals surface area (Å²) in [5.41, 5.74) is 2.23. The van der Waals surface area contributed by atoms with Gasteiger partial charge in [-0.2, -0.15) is 0 Å². The zero-order valence-electron chi connectivity index (χ0n) is 12.6. The van der Waals surface area contributed by atoms with Crippen molar-refractivity contribution < 1.29 is 9.59 Å². The van der Waals surface area contributed by atoms with E-state index in [1.807, 2.05) is 17.0 Å². The SMILES string of the molecule is CN1C(=O)CN(c2ccc(C3(C)CCCN3)cc2)CC1=O. The molecule has 2 aliphatic rings. The molecule has 2 saturated heterocycles. The Morgan fingerprint density at radius 1 is 1.10 bits per heavy atom. The van der Waals surface area contributed by atoms with E-state index in [1.165, 1.54) is 23.9 Å². The van der Waals surface area contributed by atoms with Crippen molar-refractivity contribution in [2.45, 2.75) is 25.3 Å². The lowest BCUT2D eigenvalue weighted by Gasteiger charge is -2.32. The van der Waals surface area contributed by atoms with Crippen molar-refractivity contribution in [3.8, 4) is 0 Å². The van der Waals surface area contributed by atoms with E-state index in [2.05, 4.69) is 24.4 Å². The maximum atomic E-state index is 11.8. The van der Waals surface area contributed by atoms with Crippen molar-refractivity contribution in [1.82, 2.24) is 10.2 Å². The lowest BCUT2D eigenvalue weighted by molar-refractivity contribution is -0.143. The number of nitrogens with one attached hydrogen (secondary N) is 1. The van der Waals surface area contributed by atoms with Crippen molar-refractivity contribution in [3.63, 3.8) is 0 Å². The average Bonchev–Trinajstić information content (AvgIpc) is 2.92. The zero-order chi connectivity index (χ0) is 15.0. The van der Waals surface area contributed by atoms with Gasteiger partial charge in [0, 0.05) is 18.3 Å². The van der Waals surface area contributed by atoms with Crippen LogP contribution in [0, 0.1) is 0 Å². The van der Waals surface area contributed by atoms with Gasteiger partial charge in [-0.3, -0.25) is 14.5 Å². The fourth-order valence-electron chi connectivity index (χ4n) is 3.10. The number of piperazine rings is 1. The second-order valence-electron chi connectivity index (χ2n) is 6.11. The van der Waals surface area contributed by atoms with Gasteiger partial charge in [-0.15, -0.1) is 0 Å². The number of carbonyl (C=O) groups is 2. The number of anilines is 1. The molecule has 5 heteroatoms. The molecular formula is C16H21N3O2. The third-order valence-electron chi connectivity index (χ3n) is 4.64. The summed E-state index contributed by atoms with van der Waals surface area (Å²) in [5, 5.41) is 3.54. The van der Waals surface area contributed by atoms with Gasteiger partial charge >= 0.3 is 0 Å². The van der Waals surface area contributed by atoms with Crippen molar-refractivity contribution in [2.75, 3.05) is 31.6 Å². The van der Waals surface area contributed by atoms with Gasteiger partial charge in [-0.25, -0.2) is 0 Å². The van der Waals surface area contributed by atoms with E-state index in [-0.39, 0.29) is 30.4 Å². The molecule has 1 atom stereocenters. The molecule has 0 aromatic heterocycles. The molecule has 1 aromatic rings. The van der Waals surface area contributed by atoms with Crippen molar-refractivity contribution >= 4 is 17.5 Å². The van der Waals surface area contributed by atoms with Crippen LogP contribution in [0.3, 0.4) is 0 Å². The highest BCUT2D eigenvalue weighted by atomic mass is 16.2.